The van der Waals surface area contributed by atoms with Crippen molar-refractivity contribution in [1.29, 1.82) is 0 Å². The molecule has 0 amide bonds. The molecule has 0 bridgehead atoms. The Balaban J connectivity index is 2.20. The highest BCUT2D eigenvalue weighted by molar-refractivity contribution is 5.48. The fourth-order valence-corrected chi connectivity index (χ4v) is 1.67. The van der Waals surface area contributed by atoms with E-state index in [0.717, 1.165) is 17.5 Å². The van der Waals surface area contributed by atoms with E-state index in [4.69, 9.17) is 0 Å². The Morgan fingerprint density at radius 1 is 1.00 bits per heavy atom. The molecule has 0 fully saturated rings. The van der Waals surface area contributed by atoms with Crippen LogP contribution in [0.4, 0.5) is 4.39 Å². The summed E-state index contributed by atoms with van der Waals surface area (Å²) >= 11 is 0. The number of rotatable bonds is 3. The highest BCUT2D eigenvalue weighted by Gasteiger charge is 1.97. The summed E-state index contributed by atoms with van der Waals surface area (Å²) in [4.78, 5) is 0. The van der Waals surface area contributed by atoms with E-state index < -0.39 is 0 Å². The summed E-state index contributed by atoms with van der Waals surface area (Å²) < 4.78 is 12.7. The molecule has 0 radical (unpaired) electrons. The minimum Gasteiger partial charge on any atom is -0.207 e. The van der Waals surface area contributed by atoms with Crippen molar-refractivity contribution in [1.82, 2.24) is 0 Å². The second-order valence-corrected chi connectivity index (χ2v) is 3.75. The largest absolute Gasteiger partial charge is 0.207 e. The first-order chi connectivity index (χ1) is 7.78. The summed E-state index contributed by atoms with van der Waals surface area (Å²) in [5, 5.41) is 0. The Morgan fingerprint density at radius 3 is 2.44 bits per heavy atom. The van der Waals surface area contributed by atoms with Crippen molar-refractivity contribution >= 4 is 6.08 Å². The van der Waals surface area contributed by atoms with Crippen LogP contribution in [0.1, 0.15) is 16.7 Å². The van der Waals surface area contributed by atoms with Crippen molar-refractivity contribution in [3.63, 3.8) is 0 Å². The third-order valence-corrected chi connectivity index (χ3v) is 2.51. The number of halogens is 1. The van der Waals surface area contributed by atoms with Crippen molar-refractivity contribution in [2.24, 2.45) is 0 Å². The number of hydrogen-bond acceptors (Lipinski definition) is 0. The minimum absolute atomic E-state index is 0.191. The van der Waals surface area contributed by atoms with Gasteiger partial charge in [0.05, 0.1) is 0 Å². The summed E-state index contributed by atoms with van der Waals surface area (Å²) in [5.74, 6) is -0.191. The summed E-state index contributed by atoms with van der Waals surface area (Å²) in [5.41, 5.74) is 3.44. The zero-order valence-corrected chi connectivity index (χ0v) is 8.99. The maximum atomic E-state index is 12.7. The van der Waals surface area contributed by atoms with E-state index in [1.54, 1.807) is 0 Å². The average molecular weight is 212 g/mol. The van der Waals surface area contributed by atoms with E-state index in [2.05, 4.69) is 18.7 Å². The van der Waals surface area contributed by atoms with E-state index in [0.29, 0.717) is 0 Å². The zero-order valence-electron chi connectivity index (χ0n) is 8.99. The quantitative estimate of drug-likeness (QED) is 0.719. The van der Waals surface area contributed by atoms with Crippen LogP contribution >= 0.6 is 0 Å². The molecule has 0 aliphatic carbocycles. The lowest BCUT2D eigenvalue weighted by molar-refractivity contribution is 0.627. The monoisotopic (exact) mass is 212 g/mol. The molecule has 16 heavy (non-hydrogen) atoms. The van der Waals surface area contributed by atoms with Crippen LogP contribution in [-0.4, -0.2) is 0 Å². The maximum absolute atomic E-state index is 12.7. The zero-order chi connectivity index (χ0) is 11.4. The molecule has 0 nitrogen and oxygen atoms in total. The Kier molecular flexibility index (Phi) is 3.16. The van der Waals surface area contributed by atoms with Gasteiger partial charge in [-0.1, -0.05) is 49.1 Å². The molecule has 80 valence electrons. The molecular weight excluding hydrogens is 199 g/mol. The molecule has 2 rings (SSSR count). The lowest BCUT2D eigenvalue weighted by Crippen LogP contribution is -1.88. The Bertz CT molecular complexity index is 483. The van der Waals surface area contributed by atoms with Crippen LogP contribution in [0.2, 0.25) is 0 Å². The maximum Gasteiger partial charge on any atom is 0.123 e. The molecule has 0 aliphatic heterocycles. The molecule has 2 aromatic carbocycles. The molecule has 0 saturated heterocycles. The van der Waals surface area contributed by atoms with E-state index >= 15 is 0 Å². The van der Waals surface area contributed by atoms with Crippen LogP contribution in [0.15, 0.2) is 55.1 Å². The van der Waals surface area contributed by atoms with Gasteiger partial charge in [0.2, 0.25) is 0 Å². The molecule has 2 aromatic rings. The molecule has 1 heteroatoms. The smallest absolute Gasteiger partial charge is 0.123 e. The molecule has 0 N–H and O–H groups in total. The van der Waals surface area contributed by atoms with Crippen molar-refractivity contribution in [2.45, 2.75) is 6.42 Å². The fraction of sp³-hybridized carbons (Fsp3) is 0.0667. The van der Waals surface area contributed by atoms with Gasteiger partial charge in [-0.15, -0.1) is 0 Å². The van der Waals surface area contributed by atoms with E-state index in [1.165, 1.54) is 17.7 Å². The SMILES string of the molecule is C=Cc1cccc(Cc2ccc(F)cc2)c1. The molecular formula is C15H13F. The Hall–Kier alpha value is -1.89. The highest BCUT2D eigenvalue weighted by atomic mass is 19.1. The molecule has 0 aromatic heterocycles. The fourth-order valence-electron chi connectivity index (χ4n) is 1.67. The minimum atomic E-state index is -0.191. The lowest BCUT2D eigenvalue weighted by Gasteiger charge is -2.03. The first-order valence-electron chi connectivity index (χ1n) is 5.24. The van der Waals surface area contributed by atoms with Crippen molar-refractivity contribution in [3.8, 4) is 0 Å². The van der Waals surface area contributed by atoms with Gasteiger partial charge in [-0.2, -0.15) is 0 Å². The number of benzene rings is 2. The molecule has 0 saturated carbocycles. The van der Waals surface area contributed by atoms with E-state index in [1.807, 2.05) is 30.3 Å². The van der Waals surface area contributed by atoms with Gasteiger partial charge in [-0.25, -0.2) is 4.39 Å². The van der Waals surface area contributed by atoms with Gasteiger partial charge in [-0.3, -0.25) is 0 Å². The summed E-state index contributed by atoms with van der Waals surface area (Å²) in [6.07, 6.45) is 2.65. The molecule has 0 aliphatic rings. The van der Waals surface area contributed by atoms with E-state index in [9.17, 15) is 4.39 Å². The van der Waals surface area contributed by atoms with Crippen molar-refractivity contribution in [3.05, 3.63) is 77.6 Å². The Labute approximate surface area is 95.1 Å². The van der Waals surface area contributed by atoms with Crippen LogP contribution in [0, 0.1) is 5.82 Å². The normalized spacial score (nSPS) is 10.1. The first-order valence-corrected chi connectivity index (χ1v) is 5.24. The molecule has 0 unspecified atom stereocenters. The topological polar surface area (TPSA) is 0 Å². The van der Waals surface area contributed by atoms with Gasteiger partial charge in [-0.05, 0) is 35.2 Å². The molecule has 0 spiro atoms. The summed E-state index contributed by atoms with van der Waals surface area (Å²) in [6, 6.07) is 14.8. The van der Waals surface area contributed by atoms with Gasteiger partial charge in [0.15, 0.2) is 0 Å². The third-order valence-electron chi connectivity index (χ3n) is 2.51. The van der Waals surface area contributed by atoms with Gasteiger partial charge in [0, 0.05) is 0 Å². The summed E-state index contributed by atoms with van der Waals surface area (Å²) in [6.45, 7) is 3.74. The van der Waals surface area contributed by atoms with Crippen LogP contribution < -0.4 is 0 Å². The average Bonchev–Trinajstić information content (AvgIpc) is 2.32. The van der Waals surface area contributed by atoms with Crippen LogP contribution in [0.5, 0.6) is 0 Å². The van der Waals surface area contributed by atoms with E-state index in [-0.39, 0.29) is 5.82 Å². The summed E-state index contributed by atoms with van der Waals surface area (Å²) in [7, 11) is 0. The molecule has 0 atom stereocenters. The van der Waals surface area contributed by atoms with Crippen molar-refractivity contribution < 1.29 is 4.39 Å². The second kappa shape index (κ2) is 4.75. The predicted octanol–water partition coefficient (Wildman–Crippen LogP) is 4.06. The lowest BCUT2D eigenvalue weighted by atomic mass is 10.0. The van der Waals surface area contributed by atoms with Crippen molar-refractivity contribution in [2.75, 3.05) is 0 Å². The first kappa shape index (κ1) is 10.6. The van der Waals surface area contributed by atoms with Crippen LogP contribution in [0.25, 0.3) is 6.08 Å². The predicted molar refractivity (Wildman–Crippen MR) is 65.7 cm³/mol. The van der Waals surface area contributed by atoms with Gasteiger partial charge in [0.25, 0.3) is 0 Å². The van der Waals surface area contributed by atoms with Crippen LogP contribution in [-0.2, 0) is 6.42 Å². The molecule has 0 heterocycles. The van der Waals surface area contributed by atoms with Crippen LogP contribution in [0.3, 0.4) is 0 Å². The standard InChI is InChI=1S/C15H13F/c1-2-12-4-3-5-14(10-12)11-13-6-8-15(16)9-7-13/h2-10H,1,11H2. The second-order valence-electron chi connectivity index (χ2n) is 3.75. The van der Waals surface area contributed by atoms with Gasteiger partial charge >= 0.3 is 0 Å². The Morgan fingerprint density at radius 2 is 1.75 bits per heavy atom. The highest BCUT2D eigenvalue weighted by Crippen LogP contribution is 2.12. The van der Waals surface area contributed by atoms with Gasteiger partial charge in [0.1, 0.15) is 5.82 Å². The third kappa shape index (κ3) is 2.57. The number of hydrogen-bond donors (Lipinski definition) is 0. The van der Waals surface area contributed by atoms with Gasteiger partial charge < -0.3 is 0 Å².